The Morgan fingerprint density at radius 1 is 1.44 bits per heavy atom. The van der Waals surface area contributed by atoms with Crippen LogP contribution in [-0.2, 0) is 14.6 Å². The highest BCUT2D eigenvalue weighted by atomic mass is 32.2. The van der Waals surface area contributed by atoms with Gasteiger partial charge in [-0.1, -0.05) is 6.07 Å². The minimum atomic E-state index is -3.95. The van der Waals surface area contributed by atoms with E-state index >= 15 is 0 Å². The van der Waals surface area contributed by atoms with Gasteiger partial charge in [0.15, 0.2) is 0 Å². The molecule has 4 nitrogen and oxygen atoms in total. The van der Waals surface area contributed by atoms with Crippen LogP contribution in [0.2, 0.25) is 0 Å². The van der Waals surface area contributed by atoms with Crippen molar-refractivity contribution in [3.05, 3.63) is 24.3 Å². The quantitative estimate of drug-likeness (QED) is 0.882. The number of hydrogen-bond acceptors (Lipinski definition) is 3. The smallest absolute Gasteiger partial charge is 0.221 e. The minimum absolute atomic E-state index is 0.145. The molecule has 1 unspecified atom stereocenters. The summed E-state index contributed by atoms with van der Waals surface area (Å²) < 4.78 is 35.8. The molecule has 1 atom stereocenters. The molecule has 0 saturated heterocycles. The van der Waals surface area contributed by atoms with E-state index in [1.807, 2.05) is 0 Å². The van der Waals surface area contributed by atoms with E-state index in [1.165, 1.54) is 31.2 Å². The zero-order chi connectivity index (χ0) is 12.3. The fourth-order valence-corrected chi connectivity index (χ4v) is 2.08. The molecule has 0 aliphatic rings. The third-order valence-corrected chi connectivity index (χ3v) is 3.68. The Kier molecular flexibility index (Phi) is 3.64. The summed E-state index contributed by atoms with van der Waals surface area (Å²) in [6.07, 6.45) is 0. The van der Waals surface area contributed by atoms with E-state index in [0.717, 1.165) is 6.92 Å². The van der Waals surface area contributed by atoms with Gasteiger partial charge in [-0.05, 0) is 25.1 Å². The van der Waals surface area contributed by atoms with Crippen LogP contribution in [0, 0.1) is 0 Å². The zero-order valence-corrected chi connectivity index (χ0v) is 9.71. The first kappa shape index (κ1) is 12.6. The Morgan fingerprint density at radius 2 is 2.06 bits per heavy atom. The van der Waals surface area contributed by atoms with Gasteiger partial charge in [0.05, 0.1) is 4.90 Å². The predicted octanol–water partition coefficient (Wildman–Crippen LogP) is 1.73. The van der Waals surface area contributed by atoms with Gasteiger partial charge in [-0.15, -0.1) is 0 Å². The van der Waals surface area contributed by atoms with E-state index in [9.17, 15) is 17.6 Å². The number of alkyl halides is 1. The molecule has 0 fully saturated rings. The lowest BCUT2D eigenvalue weighted by Gasteiger charge is -2.07. The van der Waals surface area contributed by atoms with Crippen LogP contribution >= 0.6 is 0 Å². The molecule has 16 heavy (non-hydrogen) atoms. The van der Waals surface area contributed by atoms with Gasteiger partial charge < -0.3 is 5.32 Å². The summed E-state index contributed by atoms with van der Waals surface area (Å²) in [7, 11) is -3.95. The summed E-state index contributed by atoms with van der Waals surface area (Å²) in [6.45, 7) is 2.26. The molecular weight excluding hydrogens is 233 g/mol. The van der Waals surface area contributed by atoms with E-state index in [4.69, 9.17) is 0 Å². The van der Waals surface area contributed by atoms with E-state index in [0.29, 0.717) is 5.69 Å². The van der Waals surface area contributed by atoms with Crippen molar-refractivity contribution < 1.29 is 17.6 Å². The third kappa shape index (κ3) is 2.79. The van der Waals surface area contributed by atoms with Crippen molar-refractivity contribution >= 4 is 21.4 Å². The molecule has 0 heterocycles. The second-order valence-electron chi connectivity index (χ2n) is 3.30. The summed E-state index contributed by atoms with van der Waals surface area (Å²) in [4.78, 5) is 10.6. The number of anilines is 1. The lowest BCUT2D eigenvalue weighted by atomic mass is 10.3. The van der Waals surface area contributed by atoms with E-state index in [-0.39, 0.29) is 10.8 Å². The second kappa shape index (κ2) is 4.61. The topological polar surface area (TPSA) is 63.2 Å². The molecule has 1 N–H and O–H groups in total. The zero-order valence-electron chi connectivity index (χ0n) is 8.90. The number of amides is 1. The molecule has 1 aromatic carbocycles. The third-order valence-electron chi connectivity index (χ3n) is 1.91. The van der Waals surface area contributed by atoms with Crippen molar-refractivity contribution in [1.82, 2.24) is 0 Å². The Balaban J connectivity index is 3.13. The number of rotatable bonds is 3. The number of carbonyl (C=O) groups is 1. The summed E-state index contributed by atoms with van der Waals surface area (Å²) >= 11 is 0. The average molecular weight is 245 g/mol. The molecule has 0 aliphatic carbocycles. The van der Waals surface area contributed by atoms with Crippen LogP contribution in [0.5, 0.6) is 0 Å². The van der Waals surface area contributed by atoms with Crippen molar-refractivity contribution in [1.29, 1.82) is 0 Å². The van der Waals surface area contributed by atoms with Gasteiger partial charge >= 0.3 is 0 Å². The Labute approximate surface area is 93.4 Å². The highest BCUT2D eigenvalue weighted by molar-refractivity contribution is 7.91. The minimum Gasteiger partial charge on any atom is -0.326 e. The number of hydrogen-bond donors (Lipinski definition) is 1. The monoisotopic (exact) mass is 245 g/mol. The normalized spacial score (nSPS) is 13.2. The van der Waals surface area contributed by atoms with Gasteiger partial charge in [-0.2, -0.15) is 0 Å². The van der Waals surface area contributed by atoms with Gasteiger partial charge in [-0.3, -0.25) is 4.79 Å². The molecule has 88 valence electrons. The lowest BCUT2D eigenvalue weighted by molar-refractivity contribution is -0.114. The maximum atomic E-state index is 12.9. The van der Waals surface area contributed by atoms with Gasteiger partial charge in [0.1, 0.15) is 0 Å². The second-order valence-corrected chi connectivity index (χ2v) is 5.51. The Morgan fingerprint density at radius 3 is 2.56 bits per heavy atom. The molecule has 0 saturated carbocycles. The van der Waals surface area contributed by atoms with Crippen molar-refractivity contribution in [3.8, 4) is 0 Å². The Hall–Kier alpha value is -1.43. The number of nitrogens with one attached hydrogen (secondary N) is 1. The Bertz CT molecular complexity index is 497. The number of benzene rings is 1. The maximum Gasteiger partial charge on any atom is 0.221 e. The standard InChI is InChI=1S/C10H12FNO3S/c1-7(11)16(14,15)10-5-3-4-9(6-10)12-8(2)13/h3-7H,1-2H3,(H,12,13). The first-order valence-corrected chi connectivity index (χ1v) is 6.14. The SMILES string of the molecule is CC(=O)Nc1cccc(S(=O)(=O)C(C)F)c1. The van der Waals surface area contributed by atoms with Crippen LogP contribution in [0.25, 0.3) is 0 Å². The van der Waals surface area contributed by atoms with Gasteiger partial charge in [0, 0.05) is 12.6 Å². The van der Waals surface area contributed by atoms with E-state index in [2.05, 4.69) is 5.32 Å². The molecule has 0 bridgehead atoms. The summed E-state index contributed by atoms with van der Waals surface area (Å²) in [5, 5.41) is 2.43. The average Bonchev–Trinajstić information content (AvgIpc) is 2.16. The van der Waals surface area contributed by atoms with Crippen molar-refractivity contribution in [2.45, 2.75) is 24.2 Å². The van der Waals surface area contributed by atoms with Crippen LogP contribution in [0.1, 0.15) is 13.8 Å². The predicted molar refractivity (Wildman–Crippen MR) is 58.5 cm³/mol. The molecule has 0 aliphatic heterocycles. The van der Waals surface area contributed by atoms with E-state index < -0.39 is 15.3 Å². The fourth-order valence-electron chi connectivity index (χ4n) is 1.14. The van der Waals surface area contributed by atoms with Crippen LogP contribution < -0.4 is 5.32 Å². The van der Waals surface area contributed by atoms with Crippen LogP contribution in [0.4, 0.5) is 10.1 Å². The highest BCUT2D eigenvalue weighted by Gasteiger charge is 2.22. The molecule has 1 aromatic rings. The molecule has 0 spiro atoms. The van der Waals surface area contributed by atoms with Crippen LogP contribution in [0.3, 0.4) is 0 Å². The largest absolute Gasteiger partial charge is 0.326 e. The first-order chi connectivity index (χ1) is 7.34. The molecule has 6 heteroatoms. The van der Waals surface area contributed by atoms with Crippen LogP contribution in [0.15, 0.2) is 29.2 Å². The molecule has 1 rings (SSSR count). The van der Waals surface area contributed by atoms with Gasteiger partial charge in [-0.25, -0.2) is 12.8 Å². The molecule has 1 amide bonds. The highest BCUT2D eigenvalue weighted by Crippen LogP contribution is 2.20. The first-order valence-electron chi connectivity index (χ1n) is 4.59. The van der Waals surface area contributed by atoms with Crippen LogP contribution in [-0.4, -0.2) is 19.8 Å². The number of sulfone groups is 1. The number of carbonyl (C=O) groups excluding carboxylic acids is 1. The number of halogens is 1. The van der Waals surface area contributed by atoms with Crippen molar-refractivity contribution in [2.75, 3.05) is 5.32 Å². The molecular formula is C10H12FNO3S. The summed E-state index contributed by atoms with van der Waals surface area (Å²) in [5.74, 6) is -0.317. The summed E-state index contributed by atoms with van der Waals surface area (Å²) in [5.41, 5.74) is -1.64. The van der Waals surface area contributed by atoms with Crippen molar-refractivity contribution in [2.24, 2.45) is 0 Å². The lowest BCUT2D eigenvalue weighted by Crippen LogP contribution is -2.13. The molecule has 0 radical (unpaired) electrons. The van der Waals surface area contributed by atoms with Gasteiger partial charge in [0.2, 0.25) is 21.2 Å². The summed E-state index contributed by atoms with van der Waals surface area (Å²) in [6, 6.07) is 5.49. The molecule has 0 aromatic heterocycles. The fraction of sp³-hybridized carbons (Fsp3) is 0.300. The maximum absolute atomic E-state index is 12.9. The van der Waals surface area contributed by atoms with E-state index in [1.54, 1.807) is 0 Å². The van der Waals surface area contributed by atoms with Crippen molar-refractivity contribution in [3.63, 3.8) is 0 Å². The van der Waals surface area contributed by atoms with Gasteiger partial charge in [0.25, 0.3) is 0 Å².